The second-order valence-corrected chi connectivity index (χ2v) is 1.83. The lowest BCUT2D eigenvalue weighted by molar-refractivity contribution is 0.0976. The molecule has 0 aromatic heterocycles. The monoisotopic (exact) mass is 138 g/mol. The van der Waals surface area contributed by atoms with E-state index in [4.69, 9.17) is 9.47 Å². The Morgan fingerprint density at radius 1 is 1.40 bits per heavy atom. The van der Waals surface area contributed by atoms with Gasteiger partial charge >= 0.3 is 0 Å². The van der Waals surface area contributed by atoms with Crippen molar-refractivity contribution in [3.05, 3.63) is 36.3 Å². The molecule has 1 heterocycles. The summed E-state index contributed by atoms with van der Waals surface area (Å²) >= 11 is 0. The van der Waals surface area contributed by atoms with E-state index < -0.39 is 0 Å². The van der Waals surface area contributed by atoms with Crippen LogP contribution in [0.15, 0.2) is 36.3 Å². The first-order valence-electron chi connectivity index (χ1n) is 3.13. The molecule has 0 saturated carbocycles. The van der Waals surface area contributed by atoms with Gasteiger partial charge in [0.05, 0.1) is 0 Å². The molecule has 2 nitrogen and oxygen atoms in total. The SMILES string of the molecule is C=C/C=C1/OCO/C1=C/C. The van der Waals surface area contributed by atoms with Crippen LogP contribution in [0.2, 0.25) is 0 Å². The Morgan fingerprint density at radius 3 is 2.70 bits per heavy atom. The zero-order chi connectivity index (χ0) is 7.40. The third kappa shape index (κ3) is 1.21. The minimum atomic E-state index is 0.319. The number of hydrogen-bond acceptors (Lipinski definition) is 2. The zero-order valence-corrected chi connectivity index (χ0v) is 5.96. The average molecular weight is 138 g/mol. The Kier molecular flexibility index (Phi) is 2.15. The highest BCUT2D eigenvalue weighted by Gasteiger charge is 2.13. The van der Waals surface area contributed by atoms with Crippen molar-refractivity contribution in [1.82, 2.24) is 0 Å². The summed E-state index contributed by atoms with van der Waals surface area (Å²) in [5.41, 5.74) is 0. The van der Waals surface area contributed by atoms with Crippen molar-refractivity contribution in [3.63, 3.8) is 0 Å². The third-order valence-electron chi connectivity index (χ3n) is 1.20. The van der Waals surface area contributed by atoms with Crippen molar-refractivity contribution < 1.29 is 9.47 Å². The highest BCUT2D eigenvalue weighted by Crippen LogP contribution is 2.19. The van der Waals surface area contributed by atoms with E-state index in [-0.39, 0.29) is 0 Å². The molecule has 0 N–H and O–H groups in total. The van der Waals surface area contributed by atoms with Crippen molar-refractivity contribution in [1.29, 1.82) is 0 Å². The lowest BCUT2D eigenvalue weighted by Crippen LogP contribution is -1.79. The molecule has 1 fully saturated rings. The van der Waals surface area contributed by atoms with Gasteiger partial charge in [-0.25, -0.2) is 0 Å². The zero-order valence-electron chi connectivity index (χ0n) is 5.96. The highest BCUT2D eigenvalue weighted by molar-refractivity contribution is 5.24. The molecule has 0 spiro atoms. The molecule has 1 saturated heterocycles. The Morgan fingerprint density at radius 2 is 2.10 bits per heavy atom. The Labute approximate surface area is 60.4 Å². The van der Waals surface area contributed by atoms with E-state index in [0.29, 0.717) is 6.79 Å². The summed E-state index contributed by atoms with van der Waals surface area (Å²) in [6, 6.07) is 0. The molecule has 0 aromatic carbocycles. The van der Waals surface area contributed by atoms with Crippen LogP contribution in [-0.4, -0.2) is 6.79 Å². The molecule has 0 amide bonds. The maximum atomic E-state index is 5.10. The van der Waals surface area contributed by atoms with Gasteiger partial charge in [0.2, 0.25) is 6.79 Å². The quantitative estimate of drug-likeness (QED) is 0.551. The molecule has 0 radical (unpaired) electrons. The van der Waals surface area contributed by atoms with Crippen molar-refractivity contribution in [2.24, 2.45) is 0 Å². The first kappa shape index (κ1) is 6.93. The molecule has 1 aliphatic rings. The summed E-state index contributed by atoms with van der Waals surface area (Å²) in [6.45, 7) is 5.78. The normalized spacial score (nSPS) is 24.5. The Hall–Kier alpha value is -1.18. The van der Waals surface area contributed by atoms with E-state index in [2.05, 4.69) is 6.58 Å². The summed E-state index contributed by atoms with van der Waals surface area (Å²) < 4.78 is 10.2. The lowest BCUT2D eigenvalue weighted by Gasteiger charge is -1.91. The van der Waals surface area contributed by atoms with Crippen molar-refractivity contribution in [3.8, 4) is 0 Å². The Bertz CT molecular complexity index is 189. The predicted molar refractivity (Wildman–Crippen MR) is 39.1 cm³/mol. The van der Waals surface area contributed by atoms with Crippen LogP contribution in [0.25, 0.3) is 0 Å². The summed E-state index contributed by atoms with van der Waals surface area (Å²) in [6.07, 6.45) is 5.32. The summed E-state index contributed by atoms with van der Waals surface area (Å²) in [5.74, 6) is 1.55. The van der Waals surface area contributed by atoms with Crippen LogP contribution in [0.4, 0.5) is 0 Å². The topological polar surface area (TPSA) is 18.5 Å². The third-order valence-corrected chi connectivity index (χ3v) is 1.20. The molecule has 54 valence electrons. The summed E-state index contributed by atoms with van der Waals surface area (Å²) in [7, 11) is 0. The second kappa shape index (κ2) is 3.11. The minimum Gasteiger partial charge on any atom is -0.454 e. The Balaban J connectivity index is 2.77. The van der Waals surface area contributed by atoms with Crippen LogP contribution in [0.5, 0.6) is 0 Å². The second-order valence-electron chi connectivity index (χ2n) is 1.83. The molecule has 10 heavy (non-hydrogen) atoms. The maximum Gasteiger partial charge on any atom is 0.231 e. The van der Waals surface area contributed by atoms with Gasteiger partial charge in [-0.1, -0.05) is 12.7 Å². The molecule has 1 aliphatic heterocycles. The number of hydrogen-bond donors (Lipinski definition) is 0. The van der Waals surface area contributed by atoms with Crippen LogP contribution in [0.1, 0.15) is 6.92 Å². The van der Waals surface area contributed by atoms with Crippen LogP contribution >= 0.6 is 0 Å². The van der Waals surface area contributed by atoms with E-state index in [9.17, 15) is 0 Å². The van der Waals surface area contributed by atoms with Gasteiger partial charge in [0.25, 0.3) is 0 Å². The molecule has 0 aliphatic carbocycles. The van der Waals surface area contributed by atoms with Crippen LogP contribution in [0, 0.1) is 0 Å². The largest absolute Gasteiger partial charge is 0.454 e. The molecular weight excluding hydrogens is 128 g/mol. The van der Waals surface area contributed by atoms with E-state index >= 15 is 0 Å². The van der Waals surface area contributed by atoms with Gasteiger partial charge in [0.1, 0.15) is 0 Å². The predicted octanol–water partition coefficient (Wildman–Crippen LogP) is 1.96. The van der Waals surface area contributed by atoms with Gasteiger partial charge < -0.3 is 9.47 Å². The van der Waals surface area contributed by atoms with Gasteiger partial charge in [0, 0.05) is 0 Å². The van der Waals surface area contributed by atoms with Crippen LogP contribution in [0.3, 0.4) is 0 Å². The standard InChI is InChI=1S/C8H10O2/c1-3-5-8-7(4-2)9-6-10-8/h3-5H,1,6H2,2H3/b7-4+,8-5+. The lowest BCUT2D eigenvalue weighted by atomic mass is 10.3. The average Bonchev–Trinajstić information content (AvgIpc) is 2.36. The van der Waals surface area contributed by atoms with Crippen LogP contribution < -0.4 is 0 Å². The first-order valence-corrected chi connectivity index (χ1v) is 3.13. The van der Waals surface area contributed by atoms with E-state index in [1.54, 1.807) is 12.2 Å². The molecule has 0 bridgehead atoms. The van der Waals surface area contributed by atoms with Crippen LogP contribution in [-0.2, 0) is 9.47 Å². The van der Waals surface area contributed by atoms with E-state index in [1.165, 1.54) is 0 Å². The van der Waals surface area contributed by atoms with Gasteiger partial charge in [-0.2, -0.15) is 0 Å². The minimum absolute atomic E-state index is 0.319. The van der Waals surface area contributed by atoms with Gasteiger partial charge in [-0.15, -0.1) is 0 Å². The smallest absolute Gasteiger partial charge is 0.231 e. The number of allylic oxidation sites excluding steroid dienone is 3. The van der Waals surface area contributed by atoms with Gasteiger partial charge in [-0.05, 0) is 19.1 Å². The molecule has 2 heteroatoms. The molecule has 0 atom stereocenters. The number of rotatable bonds is 1. The molecule has 0 aromatic rings. The van der Waals surface area contributed by atoms with Crippen molar-refractivity contribution in [2.45, 2.75) is 6.92 Å². The van der Waals surface area contributed by atoms with Crippen molar-refractivity contribution >= 4 is 0 Å². The fourth-order valence-electron chi connectivity index (χ4n) is 0.762. The fraction of sp³-hybridized carbons (Fsp3) is 0.250. The molecular formula is C8H10O2. The molecule has 1 rings (SSSR count). The van der Waals surface area contributed by atoms with Gasteiger partial charge in [-0.3, -0.25) is 0 Å². The first-order chi connectivity index (χ1) is 4.88. The van der Waals surface area contributed by atoms with E-state index in [1.807, 2.05) is 13.0 Å². The highest BCUT2D eigenvalue weighted by atomic mass is 16.7. The van der Waals surface area contributed by atoms with E-state index in [0.717, 1.165) is 11.5 Å². The summed E-state index contributed by atoms with van der Waals surface area (Å²) in [4.78, 5) is 0. The maximum absolute atomic E-state index is 5.10. The summed E-state index contributed by atoms with van der Waals surface area (Å²) in [5, 5.41) is 0. The fourth-order valence-corrected chi connectivity index (χ4v) is 0.762. The number of ether oxygens (including phenoxy) is 2. The molecule has 0 unspecified atom stereocenters. The van der Waals surface area contributed by atoms with Gasteiger partial charge in [0.15, 0.2) is 11.5 Å². The van der Waals surface area contributed by atoms with Crippen molar-refractivity contribution in [2.75, 3.05) is 6.79 Å².